The molecule has 0 fully saturated rings. The SMILES string of the molecule is Cc1ccc(C(C)Nc2ccc(F)c(N)c2C(=O)O)cc1. The van der Waals surface area contributed by atoms with E-state index in [2.05, 4.69) is 5.32 Å². The van der Waals surface area contributed by atoms with Gasteiger partial charge in [-0.3, -0.25) is 0 Å². The van der Waals surface area contributed by atoms with Crippen LogP contribution in [0.15, 0.2) is 36.4 Å². The number of nitrogens with one attached hydrogen (secondary N) is 1. The van der Waals surface area contributed by atoms with Gasteiger partial charge in [0.1, 0.15) is 11.4 Å². The van der Waals surface area contributed by atoms with Crippen molar-refractivity contribution < 1.29 is 14.3 Å². The lowest BCUT2D eigenvalue weighted by atomic mass is 10.0. The molecule has 2 rings (SSSR count). The summed E-state index contributed by atoms with van der Waals surface area (Å²) in [6.07, 6.45) is 0. The molecule has 0 spiro atoms. The number of carbonyl (C=O) groups is 1. The molecule has 0 aliphatic carbocycles. The zero-order valence-electron chi connectivity index (χ0n) is 11.9. The monoisotopic (exact) mass is 288 g/mol. The fourth-order valence-electron chi connectivity index (χ4n) is 2.12. The van der Waals surface area contributed by atoms with Crippen LogP contribution in [-0.4, -0.2) is 11.1 Å². The summed E-state index contributed by atoms with van der Waals surface area (Å²) >= 11 is 0. The fourth-order valence-corrected chi connectivity index (χ4v) is 2.12. The predicted molar refractivity (Wildman–Crippen MR) is 81.0 cm³/mol. The highest BCUT2D eigenvalue weighted by atomic mass is 19.1. The summed E-state index contributed by atoms with van der Waals surface area (Å²) in [5, 5.41) is 12.3. The van der Waals surface area contributed by atoms with E-state index in [1.54, 1.807) is 0 Å². The molecule has 0 heterocycles. The number of carboxylic acid groups (broad SMARTS) is 1. The molecule has 0 aliphatic rings. The summed E-state index contributed by atoms with van der Waals surface area (Å²) in [4.78, 5) is 11.3. The number of halogens is 1. The zero-order chi connectivity index (χ0) is 15.6. The van der Waals surface area contributed by atoms with Crippen molar-refractivity contribution >= 4 is 17.3 Å². The van der Waals surface area contributed by atoms with Gasteiger partial charge in [-0.15, -0.1) is 0 Å². The number of rotatable bonds is 4. The maximum Gasteiger partial charge on any atom is 0.340 e. The number of nitrogens with two attached hydrogens (primary N) is 1. The van der Waals surface area contributed by atoms with Crippen LogP contribution in [0.4, 0.5) is 15.8 Å². The maximum atomic E-state index is 13.4. The molecule has 0 aromatic heterocycles. The van der Waals surface area contributed by atoms with Crippen molar-refractivity contribution in [2.45, 2.75) is 19.9 Å². The molecule has 21 heavy (non-hydrogen) atoms. The van der Waals surface area contributed by atoms with Gasteiger partial charge in [0, 0.05) is 6.04 Å². The van der Waals surface area contributed by atoms with Crippen molar-refractivity contribution in [2.75, 3.05) is 11.1 Å². The number of nitrogen functional groups attached to an aromatic ring is 1. The molecule has 0 saturated heterocycles. The van der Waals surface area contributed by atoms with Gasteiger partial charge in [-0.25, -0.2) is 9.18 Å². The van der Waals surface area contributed by atoms with Crippen LogP contribution in [-0.2, 0) is 0 Å². The van der Waals surface area contributed by atoms with Crippen LogP contribution < -0.4 is 11.1 Å². The molecule has 0 aliphatic heterocycles. The van der Waals surface area contributed by atoms with E-state index in [4.69, 9.17) is 5.73 Å². The van der Waals surface area contributed by atoms with Crippen LogP contribution in [0, 0.1) is 12.7 Å². The van der Waals surface area contributed by atoms with Gasteiger partial charge in [0.15, 0.2) is 0 Å². The largest absolute Gasteiger partial charge is 0.478 e. The molecule has 2 aromatic rings. The first-order valence-corrected chi connectivity index (χ1v) is 6.54. The third-order valence-corrected chi connectivity index (χ3v) is 3.36. The Bertz CT molecular complexity index is 669. The van der Waals surface area contributed by atoms with Crippen molar-refractivity contribution in [3.8, 4) is 0 Å². The Morgan fingerprint density at radius 3 is 2.43 bits per heavy atom. The Morgan fingerprint density at radius 1 is 1.24 bits per heavy atom. The summed E-state index contributed by atoms with van der Waals surface area (Å²) in [7, 11) is 0. The smallest absolute Gasteiger partial charge is 0.340 e. The minimum absolute atomic E-state index is 0.131. The normalized spacial score (nSPS) is 12.0. The number of aromatic carboxylic acids is 1. The quantitative estimate of drug-likeness (QED) is 0.752. The van der Waals surface area contributed by atoms with E-state index in [1.165, 1.54) is 6.07 Å². The average molecular weight is 288 g/mol. The second kappa shape index (κ2) is 5.83. The topological polar surface area (TPSA) is 75.3 Å². The lowest BCUT2D eigenvalue weighted by Crippen LogP contribution is -2.13. The highest BCUT2D eigenvalue weighted by Crippen LogP contribution is 2.28. The van der Waals surface area contributed by atoms with Crippen LogP contribution in [0.2, 0.25) is 0 Å². The summed E-state index contributed by atoms with van der Waals surface area (Å²) in [5.74, 6) is -1.99. The Labute approximate surface area is 122 Å². The Hall–Kier alpha value is -2.56. The van der Waals surface area contributed by atoms with Crippen LogP contribution in [0.1, 0.15) is 34.5 Å². The molecule has 5 heteroatoms. The summed E-state index contributed by atoms with van der Waals surface area (Å²) in [6, 6.07) is 10.3. The molecule has 0 amide bonds. The van der Waals surface area contributed by atoms with Crippen LogP contribution in [0.25, 0.3) is 0 Å². The molecule has 4 N–H and O–H groups in total. The lowest BCUT2D eigenvalue weighted by molar-refractivity contribution is 0.0698. The first-order chi connectivity index (χ1) is 9.90. The molecule has 0 radical (unpaired) electrons. The van der Waals surface area contributed by atoms with E-state index in [0.717, 1.165) is 17.2 Å². The summed E-state index contributed by atoms with van der Waals surface area (Å²) in [5.41, 5.74) is 7.37. The van der Waals surface area contributed by atoms with E-state index in [9.17, 15) is 14.3 Å². The molecule has 110 valence electrons. The molecule has 1 atom stereocenters. The minimum Gasteiger partial charge on any atom is -0.478 e. The van der Waals surface area contributed by atoms with Crippen LogP contribution in [0.5, 0.6) is 0 Å². The second-order valence-electron chi connectivity index (χ2n) is 4.97. The lowest BCUT2D eigenvalue weighted by Gasteiger charge is -2.18. The van der Waals surface area contributed by atoms with E-state index < -0.39 is 11.8 Å². The van der Waals surface area contributed by atoms with Gasteiger partial charge >= 0.3 is 5.97 Å². The minimum atomic E-state index is -1.26. The van der Waals surface area contributed by atoms with Gasteiger partial charge < -0.3 is 16.2 Å². The summed E-state index contributed by atoms with van der Waals surface area (Å²) in [6.45, 7) is 3.89. The number of aryl methyl sites for hydroxylation is 1. The van der Waals surface area contributed by atoms with Gasteiger partial charge in [-0.05, 0) is 31.5 Å². The fraction of sp³-hybridized carbons (Fsp3) is 0.188. The van der Waals surface area contributed by atoms with Gasteiger partial charge in [-0.2, -0.15) is 0 Å². The molecule has 0 bridgehead atoms. The maximum absolute atomic E-state index is 13.4. The van der Waals surface area contributed by atoms with Crippen molar-refractivity contribution in [2.24, 2.45) is 0 Å². The number of carboxylic acids is 1. The van der Waals surface area contributed by atoms with Gasteiger partial charge in [-0.1, -0.05) is 29.8 Å². The van der Waals surface area contributed by atoms with Gasteiger partial charge in [0.05, 0.1) is 11.4 Å². The van der Waals surface area contributed by atoms with Crippen molar-refractivity contribution in [3.05, 3.63) is 58.9 Å². The van der Waals surface area contributed by atoms with Gasteiger partial charge in [0.25, 0.3) is 0 Å². The first-order valence-electron chi connectivity index (χ1n) is 6.54. The predicted octanol–water partition coefficient (Wildman–Crippen LogP) is 3.59. The molecule has 0 saturated carbocycles. The Balaban J connectivity index is 2.33. The number of hydrogen-bond acceptors (Lipinski definition) is 3. The van der Waals surface area contributed by atoms with E-state index in [1.807, 2.05) is 38.1 Å². The molecule has 1 unspecified atom stereocenters. The highest BCUT2D eigenvalue weighted by Gasteiger charge is 2.18. The van der Waals surface area contributed by atoms with Crippen LogP contribution >= 0.6 is 0 Å². The number of benzene rings is 2. The average Bonchev–Trinajstić information content (AvgIpc) is 2.43. The number of hydrogen-bond donors (Lipinski definition) is 3. The molecule has 2 aromatic carbocycles. The second-order valence-corrected chi connectivity index (χ2v) is 4.97. The van der Waals surface area contributed by atoms with Crippen molar-refractivity contribution in [3.63, 3.8) is 0 Å². The Kier molecular flexibility index (Phi) is 4.12. The molecular formula is C16H17FN2O2. The van der Waals surface area contributed by atoms with Crippen LogP contribution in [0.3, 0.4) is 0 Å². The molecular weight excluding hydrogens is 271 g/mol. The molecule has 4 nitrogen and oxygen atoms in total. The van der Waals surface area contributed by atoms with Gasteiger partial charge in [0.2, 0.25) is 0 Å². The number of anilines is 2. The van der Waals surface area contributed by atoms with Crippen molar-refractivity contribution in [1.82, 2.24) is 0 Å². The standard InChI is InChI=1S/C16H17FN2O2/c1-9-3-5-11(6-4-9)10(2)19-13-8-7-12(17)15(18)14(13)16(20)21/h3-8,10,19H,18H2,1-2H3,(H,20,21). The zero-order valence-corrected chi connectivity index (χ0v) is 11.9. The third kappa shape index (κ3) is 3.13. The summed E-state index contributed by atoms with van der Waals surface area (Å²) < 4.78 is 13.4. The van der Waals surface area contributed by atoms with E-state index >= 15 is 0 Å². The van der Waals surface area contributed by atoms with Crippen molar-refractivity contribution in [1.29, 1.82) is 0 Å². The van der Waals surface area contributed by atoms with E-state index in [0.29, 0.717) is 5.69 Å². The first kappa shape index (κ1) is 14.8. The Morgan fingerprint density at radius 2 is 1.86 bits per heavy atom. The third-order valence-electron chi connectivity index (χ3n) is 3.36. The highest BCUT2D eigenvalue weighted by molar-refractivity contribution is 6.00. The van der Waals surface area contributed by atoms with E-state index in [-0.39, 0.29) is 17.3 Å².